The normalized spacial score (nSPS) is 38.6. The van der Waals surface area contributed by atoms with Gasteiger partial charge in [-0.1, -0.05) is 39.0 Å². The molecule has 4 rings (SSSR count). The van der Waals surface area contributed by atoms with E-state index in [1.807, 2.05) is 0 Å². The number of hydrogen-bond donors (Lipinski definition) is 0. The monoisotopic (exact) mass is 440 g/mol. The summed E-state index contributed by atoms with van der Waals surface area (Å²) in [6.45, 7) is 1.76. The summed E-state index contributed by atoms with van der Waals surface area (Å²) in [6.07, 6.45) is 14.3. The van der Waals surface area contributed by atoms with E-state index in [2.05, 4.69) is 0 Å². The fourth-order valence-electron chi connectivity index (χ4n) is 7.11. The molecule has 0 spiro atoms. The second-order valence-corrected chi connectivity index (χ2v) is 11.1. The molecule has 1 unspecified atom stereocenters. The Labute approximate surface area is 185 Å². The first-order chi connectivity index (χ1) is 15.0. The number of halogens is 4. The van der Waals surface area contributed by atoms with Crippen LogP contribution < -0.4 is 0 Å². The highest BCUT2D eigenvalue weighted by molar-refractivity contribution is 5.14. The molecule has 0 nitrogen and oxygen atoms in total. The molecular weight excluding hydrogens is 400 g/mol. The van der Waals surface area contributed by atoms with E-state index in [4.69, 9.17) is 0 Å². The molecule has 0 heterocycles. The molecule has 0 aromatic heterocycles. The molecule has 4 aliphatic carbocycles. The van der Waals surface area contributed by atoms with Gasteiger partial charge in [0.05, 0.1) is 0 Å². The van der Waals surface area contributed by atoms with Gasteiger partial charge >= 0.3 is 0 Å². The van der Waals surface area contributed by atoms with Crippen LogP contribution in [0.4, 0.5) is 17.6 Å². The van der Waals surface area contributed by atoms with Crippen molar-refractivity contribution < 1.29 is 17.6 Å². The zero-order chi connectivity index (χ0) is 22.0. The Balaban J connectivity index is 1.25. The Morgan fingerprint density at radius 1 is 0.548 bits per heavy atom. The van der Waals surface area contributed by atoms with Gasteiger partial charge in [0.15, 0.2) is 0 Å². The molecular formula is C27H40F4. The molecule has 176 valence electrons. The fraction of sp³-hybridized carbons (Fsp3) is 0.852. The van der Waals surface area contributed by atoms with E-state index in [9.17, 15) is 17.6 Å². The van der Waals surface area contributed by atoms with Gasteiger partial charge < -0.3 is 0 Å². The molecule has 0 amide bonds. The van der Waals surface area contributed by atoms with Crippen LogP contribution in [0.15, 0.2) is 23.3 Å². The molecule has 0 saturated heterocycles. The first-order valence-corrected chi connectivity index (χ1v) is 13.1. The molecule has 0 N–H and O–H groups in total. The summed E-state index contributed by atoms with van der Waals surface area (Å²) in [7, 11) is 0. The van der Waals surface area contributed by atoms with E-state index >= 15 is 0 Å². The minimum Gasteiger partial charge on any atom is -0.209 e. The summed E-state index contributed by atoms with van der Waals surface area (Å²) < 4.78 is 58.1. The lowest BCUT2D eigenvalue weighted by molar-refractivity contribution is 0.158. The lowest BCUT2D eigenvalue weighted by Gasteiger charge is -2.37. The SMILES string of the molecule is C[C@H]1CCC(C2CCC(CC[C@H]3CC[C@@H](C4CCCCC4)C(F)=C3F)CC2)C(F)=C1F. The molecule has 2 fully saturated rings. The lowest BCUT2D eigenvalue weighted by atomic mass is 9.69. The fourth-order valence-corrected chi connectivity index (χ4v) is 7.11. The Morgan fingerprint density at radius 3 is 1.81 bits per heavy atom. The quantitative estimate of drug-likeness (QED) is 0.373. The van der Waals surface area contributed by atoms with Crippen LogP contribution in [0.3, 0.4) is 0 Å². The van der Waals surface area contributed by atoms with Gasteiger partial charge in [-0.05, 0) is 82.0 Å². The van der Waals surface area contributed by atoms with Crippen molar-refractivity contribution in [2.75, 3.05) is 0 Å². The molecule has 0 bridgehead atoms. The molecule has 31 heavy (non-hydrogen) atoms. The van der Waals surface area contributed by atoms with E-state index in [0.29, 0.717) is 11.8 Å². The highest BCUT2D eigenvalue weighted by Gasteiger charge is 2.38. The van der Waals surface area contributed by atoms with Crippen molar-refractivity contribution >= 4 is 0 Å². The highest BCUT2D eigenvalue weighted by Crippen LogP contribution is 2.48. The average molecular weight is 441 g/mol. The number of allylic oxidation sites excluding steroid dienone is 4. The smallest absolute Gasteiger partial charge is 0.135 e. The van der Waals surface area contributed by atoms with Crippen LogP contribution in [-0.4, -0.2) is 0 Å². The third kappa shape index (κ3) is 5.24. The predicted octanol–water partition coefficient (Wildman–Crippen LogP) is 9.53. The first-order valence-electron chi connectivity index (χ1n) is 13.1. The second-order valence-electron chi connectivity index (χ2n) is 11.1. The van der Waals surface area contributed by atoms with Crippen molar-refractivity contribution in [1.29, 1.82) is 0 Å². The van der Waals surface area contributed by atoms with Crippen molar-refractivity contribution in [2.24, 2.45) is 41.4 Å². The molecule has 0 aromatic rings. The lowest BCUT2D eigenvalue weighted by Crippen LogP contribution is -2.27. The Morgan fingerprint density at radius 2 is 1.13 bits per heavy atom. The molecule has 4 aliphatic rings. The van der Waals surface area contributed by atoms with Crippen molar-refractivity contribution in [1.82, 2.24) is 0 Å². The first kappa shape index (κ1) is 23.4. The van der Waals surface area contributed by atoms with Crippen LogP contribution in [0, 0.1) is 41.4 Å². The third-order valence-electron chi connectivity index (χ3n) is 9.24. The Kier molecular flexibility index (Phi) is 7.85. The van der Waals surface area contributed by atoms with E-state index in [0.717, 1.165) is 89.9 Å². The second kappa shape index (κ2) is 10.4. The topological polar surface area (TPSA) is 0 Å². The molecule has 4 heteroatoms. The summed E-state index contributed by atoms with van der Waals surface area (Å²) in [6, 6.07) is 0. The highest BCUT2D eigenvalue weighted by atomic mass is 19.2. The maximum atomic E-state index is 14.8. The van der Waals surface area contributed by atoms with E-state index in [-0.39, 0.29) is 29.6 Å². The zero-order valence-electron chi connectivity index (χ0n) is 19.2. The van der Waals surface area contributed by atoms with Crippen molar-refractivity contribution in [3.63, 3.8) is 0 Å². The maximum Gasteiger partial charge on any atom is 0.135 e. The van der Waals surface area contributed by atoms with Gasteiger partial charge in [0.2, 0.25) is 0 Å². The predicted molar refractivity (Wildman–Crippen MR) is 118 cm³/mol. The van der Waals surface area contributed by atoms with Crippen LogP contribution in [0.25, 0.3) is 0 Å². The Hall–Kier alpha value is -0.800. The molecule has 0 aliphatic heterocycles. The standard InChI is InChI=1S/C27H40F4/c1-17-7-15-22(26(30)24(17)28)20-11-8-18(9-12-20)10-13-21-14-16-23(27(31)25(21)29)19-5-3-2-4-6-19/h17-23H,2-16H2,1H3/t17-,18?,20?,21-,22?,23-/m0/s1. The van der Waals surface area contributed by atoms with Crippen LogP contribution >= 0.6 is 0 Å². The van der Waals surface area contributed by atoms with Crippen LogP contribution in [0.5, 0.6) is 0 Å². The number of hydrogen-bond acceptors (Lipinski definition) is 0. The van der Waals surface area contributed by atoms with Gasteiger partial charge in [-0.15, -0.1) is 0 Å². The minimum atomic E-state index is -0.522. The third-order valence-corrected chi connectivity index (χ3v) is 9.24. The van der Waals surface area contributed by atoms with Crippen LogP contribution in [0.2, 0.25) is 0 Å². The zero-order valence-corrected chi connectivity index (χ0v) is 19.2. The minimum absolute atomic E-state index is 0.173. The molecule has 0 radical (unpaired) electrons. The molecule has 2 saturated carbocycles. The van der Waals surface area contributed by atoms with Gasteiger partial charge in [-0.25, -0.2) is 17.6 Å². The molecule has 4 atom stereocenters. The van der Waals surface area contributed by atoms with Gasteiger partial charge in [0.25, 0.3) is 0 Å². The van der Waals surface area contributed by atoms with Crippen LogP contribution in [0.1, 0.15) is 103 Å². The maximum absolute atomic E-state index is 14.8. The van der Waals surface area contributed by atoms with Gasteiger partial charge in [0, 0.05) is 23.7 Å². The van der Waals surface area contributed by atoms with E-state index < -0.39 is 23.3 Å². The molecule has 0 aromatic carbocycles. The van der Waals surface area contributed by atoms with Crippen molar-refractivity contribution in [2.45, 2.75) is 103 Å². The van der Waals surface area contributed by atoms with Gasteiger partial charge in [0.1, 0.15) is 23.3 Å². The van der Waals surface area contributed by atoms with Crippen LogP contribution in [-0.2, 0) is 0 Å². The summed E-state index contributed by atoms with van der Waals surface area (Å²) in [5.41, 5.74) is 0. The van der Waals surface area contributed by atoms with E-state index in [1.165, 1.54) is 6.42 Å². The van der Waals surface area contributed by atoms with Gasteiger partial charge in [-0.3, -0.25) is 0 Å². The van der Waals surface area contributed by atoms with Crippen molar-refractivity contribution in [3.8, 4) is 0 Å². The summed E-state index contributed by atoms with van der Waals surface area (Å²) in [5, 5.41) is 0. The summed E-state index contributed by atoms with van der Waals surface area (Å²) in [4.78, 5) is 0. The Bertz CT molecular complexity index is 667. The average Bonchev–Trinajstić information content (AvgIpc) is 2.80. The van der Waals surface area contributed by atoms with E-state index in [1.54, 1.807) is 6.92 Å². The largest absolute Gasteiger partial charge is 0.209 e. The van der Waals surface area contributed by atoms with Crippen molar-refractivity contribution in [3.05, 3.63) is 23.3 Å². The van der Waals surface area contributed by atoms with Gasteiger partial charge in [-0.2, -0.15) is 0 Å². The summed E-state index contributed by atoms with van der Waals surface area (Å²) in [5.74, 6) is -1.70. The number of rotatable bonds is 5. The summed E-state index contributed by atoms with van der Waals surface area (Å²) >= 11 is 0.